The van der Waals surface area contributed by atoms with E-state index in [9.17, 15) is 4.39 Å². The summed E-state index contributed by atoms with van der Waals surface area (Å²) in [4.78, 5) is 4.49. The highest BCUT2D eigenvalue weighted by atomic mass is 79.9. The lowest BCUT2D eigenvalue weighted by Crippen LogP contribution is -1.99. The van der Waals surface area contributed by atoms with Crippen molar-refractivity contribution in [3.05, 3.63) is 92.6 Å². The maximum atomic E-state index is 13.0. The Kier molecular flexibility index (Phi) is 6.00. The van der Waals surface area contributed by atoms with E-state index in [-0.39, 0.29) is 5.82 Å². The average Bonchev–Trinajstić information content (AvgIpc) is 2.61. The zero-order valence-electron chi connectivity index (χ0n) is 13.1. The van der Waals surface area contributed by atoms with Crippen LogP contribution in [0, 0.1) is 5.82 Å². The molecular formula is C20H14Br2FNO. The number of hydrogen-bond donors (Lipinski definition) is 0. The van der Waals surface area contributed by atoms with Gasteiger partial charge < -0.3 is 4.74 Å². The van der Waals surface area contributed by atoms with E-state index in [4.69, 9.17) is 4.74 Å². The Hall–Kier alpha value is -1.98. The average molecular weight is 463 g/mol. The van der Waals surface area contributed by atoms with Gasteiger partial charge in [-0.05, 0) is 57.9 Å². The number of benzene rings is 3. The zero-order chi connectivity index (χ0) is 17.6. The minimum absolute atomic E-state index is 0.260. The van der Waals surface area contributed by atoms with Gasteiger partial charge in [0, 0.05) is 16.3 Å². The molecule has 0 atom stereocenters. The summed E-state index contributed by atoms with van der Waals surface area (Å²) in [5, 5.41) is 0. The van der Waals surface area contributed by atoms with Crippen molar-refractivity contribution in [2.45, 2.75) is 6.61 Å². The summed E-state index contributed by atoms with van der Waals surface area (Å²) in [6.07, 6.45) is 1.77. The van der Waals surface area contributed by atoms with Crippen LogP contribution in [0.1, 0.15) is 11.1 Å². The van der Waals surface area contributed by atoms with Crippen LogP contribution in [0.4, 0.5) is 10.1 Å². The number of nitrogens with zero attached hydrogens (tertiary/aromatic N) is 1. The molecular weight excluding hydrogens is 449 g/mol. The standard InChI is InChI=1S/C20H14Br2FNO/c21-16-10-15(12-24-18-4-2-1-3-5-18)20(19(22)11-16)25-13-14-6-8-17(23)9-7-14/h1-12H,13H2. The molecule has 0 radical (unpaired) electrons. The third kappa shape index (κ3) is 5.00. The van der Waals surface area contributed by atoms with Crippen molar-refractivity contribution in [1.29, 1.82) is 0 Å². The second-order valence-electron chi connectivity index (χ2n) is 5.31. The SMILES string of the molecule is Fc1ccc(COc2c(Br)cc(Br)cc2C=Nc2ccccc2)cc1. The van der Waals surface area contributed by atoms with Crippen LogP contribution in [0.2, 0.25) is 0 Å². The molecule has 0 aliphatic carbocycles. The van der Waals surface area contributed by atoms with E-state index in [1.165, 1.54) is 12.1 Å². The third-order valence-electron chi connectivity index (χ3n) is 3.44. The normalized spacial score (nSPS) is 11.0. The molecule has 0 fully saturated rings. The Bertz CT molecular complexity index is 880. The maximum Gasteiger partial charge on any atom is 0.142 e. The second-order valence-corrected chi connectivity index (χ2v) is 7.08. The molecule has 3 aromatic carbocycles. The molecule has 0 unspecified atom stereocenters. The molecule has 126 valence electrons. The van der Waals surface area contributed by atoms with E-state index >= 15 is 0 Å². The summed E-state index contributed by atoms with van der Waals surface area (Å²) in [5.41, 5.74) is 2.59. The Morgan fingerprint density at radius 2 is 1.68 bits per heavy atom. The lowest BCUT2D eigenvalue weighted by Gasteiger charge is -2.12. The molecule has 0 aromatic heterocycles. The van der Waals surface area contributed by atoms with Gasteiger partial charge in [-0.3, -0.25) is 4.99 Å². The lowest BCUT2D eigenvalue weighted by atomic mass is 10.2. The van der Waals surface area contributed by atoms with E-state index in [2.05, 4.69) is 36.9 Å². The van der Waals surface area contributed by atoms with E-state index in [1.54, 1.807) is 18.3 Å². The quantitative estimate of drug-likeness (QED) is 0.387. The van der Waals surface area contributed by atoms with Gasteiger partial charge in [-0.2, -0.15) is 0 Å². The summed E-state index contributed by atoms with van der Waals surface area (Å²) in [7, 11) is 0. The Morgan fingerprint density at radius 3 is 2.40 bits per heavy atom. The van der Waals surface area contributed by atoms with E-state index in [1.807, 2.05) is 42.5 Å². The van der Waals surface area contributed by atoms with Gasteiger partial charge in [0.1, 0.15) is 18.2 Å². The molecule has 0 saturated heterocycles. The van der Waals surface area contributed by atoms with E-state index in [0.717, 1.165) is 25.8 Å². The van der Waals surface area contributed by atoms with Crippen molar-refractivity contribution in [2.75, 3.05) is 0 Å². The molecule has 0 saturated carbocycles. The van der Waals surface area contributed by atoms with Crippen molar-refractivity contribution in [1.82, 2.24) is 0 Å². The van der Waals surface area contributed by atoms with Crippen LogP contribution in [-0.2, 0) is 6.61 Å². The minimum atomic E-state index is -0.260. The summed E-state index contributed by atoms with van der Waals surface area (Å²) in [6, 6.07) is 19.8. The maximum absolute atomic E-state index is 13.0. The van der Waals surface area contributed by atoms with E-state index < -0.39 is 0 Å². The fourth-order valence-corrected chi connectivity index (χ4v) is 3.60. The molecule has 3 rings (SSSR count). The summed E-state index contributed by atoms with van der Waals surface area (Å²) in [6.45, 7) is 0.340. The van der Waals surface area contributed by atoms with Crippen LogP contribution in [-0.4, -0.2) is 6.21 Å². The van der Waals surface area contributed by atoms with Crippen LogP contribution >= 0.6 is 31.9 Å². The Balaban J connectivity index is 1.84. The molecule has 25 heavy (non-hydrogen) atoms. The third-order valence-corrected chi connectivity index (χ3v) is 4.49. The van der Waals surface area contributed by atoms with Gasteiger partial charge in [-0.1, -0.05) is 46.3 Å². The van der Waals surface area contributed by atoms with Gasteiger partial charge in [0.2, 0.25) is 0 Å². The van der Waals surface area contributed by atoms with Gasteiger partial charge in [0.05, 0.1) is 10.2 Å². The molecule has 3 aromatic rings. The number of para-hydroxylation sites is 1. The highest BCUT2D eigenvalue weighted by Crippen LogP contribution is 2.33. The van der Waals surface area contributed by atoms with Gasteiger partial charge in [0.25, 0.3) is 0 Å². The predicted octanol–water partition coefficient (Wildman–Crippen LogP) is 6.68. The first-order chi connectivity index (χ1) is 12.1. The van der Waals surface area contributed by atoms with Crippen LogP contribution in [0.5, 0.6) is 5.75 Å². The Labute approximate surface area is 162 Å². The van der Waals surface area contributed by atoms with Gasteiger partial charge in [-0.25, -0.2) is 4.39 Å². The van der Waals surface area contributed by atoms with Crippen molar-refractivity contribution < 1.29 is 9.13 Å². The molecule has 2 nitrogen and oxygen atoms in total. The van der Waals surface area contributed by atoms with Crippen LogP contribution in [0.15, 0.2) is 80.7 Å². The molecule has 0 spiro atoms. The highest BCUT2D eigenvalue weighted by molar-refractivity contribution is 9.11. The highest BCUT2D eigenvalue weighted by Gasteiger charge is 2.09. The van der Waals surface area contributed by atoms with Crippen molar-refractivity contribution >= 4 is 43.8 Å². The van der Waals surface area contributed by atoms with Crippen LogP contribution in [0.3, 0.4) is 0 Å². The fraction of sp³-hybridized carbons (Fsp3) is 0.0500. The predicted molar refractivity (Wildman–Crippen MR) is 106 cm³/mol. The summed E-state index contributed by atoms with van der Waals surface area (Å²) < 4.78 is 20.7. The summed E-state index contributed by atoms with van der Waals surface area (Å²) >= 11 is 7.02. The first-order valence-electron chi connectivity index (χ1n) is 7.57. The van der Waals surface area contributed by atoms with Gasteiger partial charge in [0.15, 0.2) is 0 Å². The minimum Gasteiger partial charge on any atom is -0.487 e. The number of rotatable bonds is 5. The fourth-order valence-electron chi connectivity index (χ4n) is 2.22. The Morgan fingerprint density at radius 1 is 0.960 bits per heavy atom. The number of halogens is 3. The van der Waals surface area contributed by atoms with Crippen LogP contribution < -0.4 is 4.74 Å². The first-order valence-corrected chi connectivity index (χ1v) is 9.16. The van der Waals surface area contributed by atoms with Gasteiger partial charge in [-0.15, -0.1) is 0 Å². The number of hydrogen-bond acceptors (Lipinski definition) is 2. The molecule has 0 bridgehead atoms. The second kappa shape index (κ2) is 8.41. The topological polar surface area (TPSA) is 21.6 Å². The monoisotopic (exact) mass is 461 g/mol. The van der Waals surface area contributed by atoms with Crippen molar-refractivity contribution in [3.8, 4) is 5.75 Å². The van der Waals surface area contributed by atoms with Crippen molar-refractivity contribution in [2.24, 2.45) is 4.99 Å². The van der Waals surface area contributed by atoms with Gasteiger partial charge >= 0.3 is 0 Å². The first kappa shape index (κ1) is 17.8. The summed E-state index contributed by atoms with van der Waals surface area (Å²) in [5.74, 6) is 0.427. The molecule has 0 amide bonds. The molecule has 0 heterocycles. The molecule has 0 aliphatic rings. The largest absolute Gasteiger partial charge is 0.487 e. The van der Waals surface area contributed by atoms with E-state index in [0.29, 0.717) is 12.4 Å². The molecule has 0 N–H and O–H groups in total. The number of ether oxygens (including phenoxy) is 1. The lowest BCUT2D eigenvalue weighted by molar-refractivity contribution is 0.303. The number of aliphatic imine (C=N–C) groups is 1. The van der Waals surface area contributed by atoms with Crippen molar-refractivity contribution in [3.63, 3.8) is 0 Å². The zero-order valence-corrected chi connectivity index (χ0v) is 16.3. The molecule has 0 aliphatic heterocycles. The smallest absolute Gasteiger partial charge is 0.142 e. The van der Waals surface area contributed by atoms with Crippen LogP contribution in [0.25, 0.3) is 0 Å². The molecule has 5 heteroatoms.